The van der Waals surface area contributed by atoms with E-state index in [4.69, 9.17) is 5.73 Å². The van der Waals surface area contributed by atoms with Crippen LogP contribution in [0.2, 0.25) is 0 Å². The lowest BCUT2D eigenvalue weighted by Crippen LogP contribution is -2.37. The van der Waals surface area contributed by atoms with E-state index in [1.807, 2.05) is 0 Å². The Kier molecular flexibility index (Phi) is 8.63. The second kappa shape index (κ2) is 9.97. The van der Waals surface area contributed by atoms with E-state index in [1.54, 1.807) is 0 Å². The molecule has 0 saturated heterocycles. The Hall–Kier alpha value is -0.860. The predicted octanol–water partition coefficient (Wildman–Crippen LogP) is 4.54. The van der Waals surface area contributed by atoms with Gasteiger partial charge in [-0.2, -0.15) is 0 Å². The quantitative estimate of drug-likeness (QED) is 0.641. The van der Waals surface area contributed by atoms with Crippen molar-refractivity contribution < 1.29 is 0 Å². The van der Waals surface area contributed by atoms with E-state index in [-0.39, 0.29) is 6.04 Å². The molecule has 21 heavy (non-hydrogen) atoms. The van der Waals surface area contributed by atoms with Crippen LogP contribution in [0, 0.1) is 0 Å². The lowest BCUT2D eigenvalue weighted by molar-refractivity contribution is 0.204. The van der Waals surface area contributed by atoms with Crippen molar-refractivity contribution in [2.75, 3.05) is 13.1 Å². The molecule has 0 aromatic heterocycles. The maximum Gasteiger partial charge on any atom is 0.0424 e. The molecule has 0 radical (unpaired) electrons. The molecule has 0 heterocycles. The lowest BCUT2D eigenvalue weighted by Gasteiger charge is -2.29. The molecule has 0 amide bonds. The van der Waals surface area contributed by atoms with Crippen LogP contribution in [0.3, 0.4) is 0 Å². The van der Waals surface area contributed by atoms with Gasteiger partial charge < -0.3 is 5.73 Å². The maximum atomic E-state index is 6.42. The topological polar surface area (TPSA) is 29.3 Å². The predicted molar refractivity (Wildman–Crippen MR) is 93.6 cm³/mol. The molecule has 1 rings (SSSR count). The average Bonchev–Trinajstić information content (AvgIpc) is 2.47. The number of aryl methyl sites for hydroxylation is 1. The van der Waals surface area contributed by atoms with Crippen molar-refractivity contribution in [2.24, 2.45) is 5.73 Å². The first kappa shape index (κ1) is 18.2. The summed E-state index contributed by atoms with van der Waals surface area (Å²) in [6.07, 6.45) is 6.21. The van der Waals surface area contributed by atoms with E-state index in [1.165, 1.54) is 36.8 Å². The summed E-state index contributed by atoms with van der Waals surface area (Å²) in [5, 5.41) is 0. The summed E-state index contributed by atoms with van der Waals surface area (Å²) in [6, 6.07) is 9.56. The highest BCUT2D eigenvalue weighted by molar-refractivity contribution is 5.25. The highest BCUT2D eigenvalue weighted by atomic mass is 15.2. The number of hydrogen-bond donors (Lipinski definition) is 1. The zero-order valence-corrected chi connectivity index (χ0v) is 14.4. The maximum absolute atomic E-state index is 6.42. The fourth-order valence-electron chi connectivity index (χ4n) is 2.70. The molecule has 0 fully saturated rings. The van der Waals surface area contributed by atoms with Crippen molar-refractivity contribution in [1.29, 1.82) is 0 Å². The van der Waals surface area contributed by atoms with Crippen LogP contribution < -0.4 is 5.73 Å². The Bertz CT molecular complexity index is 370. The number of nitrogens with two attached hydrogens (primary N) is 1. The molecule has 0 aliphatic carbocycles. The van der Waals surface area contributed by atoms with Crippen LogP contribution in [0.5, 0.6) is 0 Å². The second-order valence-corrected chi connectivity index (χ2v) is 6.39. The standard InChI is InChI=1S/C19H34N2/c1-5-7-8-14-21(16(3)4)15-19(20)18-12-10-17(9-6-2)11-13-18/h10-13,16,19H,5-9,14-15,20H2,1-4H3. The number of rotatable bonds is 10. The third kappa shape index (κ3) is 6.62. The van der Waals surface area contributed by atoms with Crippen molar-refractivity contribution in [2.45, 2.75) is 71.9 Å². The summed E-state index contributed by atoms with van der Waals surface area (Å²) < 4.78 is 0. The molecular weight excluding hydrogens is 256 g/mol. The first-order valence-electron chi connectivity index (χ1n) is 8.66. The Morgan fingerprint density at radius 1 is 1.00 bits per heavy atom. The van der Waals surface area contributed by atoms with Crippen molar-refractivity contribution >= 4 is 0 Å². The normalized spacial score (nSPS) is 13.1. The highest BCUT2D eigenvalue weighted by Gasteiger charge is 2.14. The van der Waals surface area contributed by atoms with Gasteiger partial charge in [0, 0.05) is 18.6 Å². The van der Waals surface area contributed by atoms with Crippen molar-refractivity contribution in [3.8, 4) is 0 Å². The van der Waals surface area contributed by atoms with Gasteiger partial charge in [0.15, 0.2) is 0 Å². The van der Waals surface area contributed by atoms with E-state index in [2.05, 4.69) is 56.9 Å². The van der Waals surface area contributed by atoms with Crippen LogP contribution in [0.25, 0.3) is 0 Å². The Balaban J connectivity index is 2.57. The van der Waals surface area contributed by atoms with Crippen LogP contribution in [0.15, 0.2) is 24.3 Å². The molecule has 2 N–H and O–H groups in total. The molecule has 2 nitrogen and oxygen atoms in total. The van der Waals surface area contributed by atoms with Gasteiger partial charge in [-0.15, -0.1) is 0 Å². The second-order valence-electron chi connectivity index (χ2n) is 6.39. The molecular formula is C19H34N2. The van der Waals surface area contributed by atoms with Crippen molar-refractivity contribution in [3.63, 3.8) is 0 Å². The highest BCUT2D eigenvalue weighted by Crippen LogP contribution is 2.16. The average molecular weight is 290 g/mol. The Labute approximate surface area is 131 Å². The number of unbranched alkanes of at least 4 members (excludes halogenated alkanes) is 2. The molecule has 1 aromatic carbocycles. The van der Waals surface area contributed by atoms with E-state index in [0.717, 1.165) is 19.5 Å². The van der Waals surface area contributed by atoms with Crippen molar-refractivity contribution in [1.82, 2.24) is 4.90 Å². The van der Waals surface area contributed by atoms with E-state index in [9.17, 15) is 0 Å². The van der Waals surface area contributed by atoms with Gasteiger partial charge in [-0.3, -0.25) is 4.90 Å². The molecule has 0 aliphatic rings. The Morgan fingerprint density at radius 2 is 1.67 bits per heavy atom. The molecule has 1 aromatic rings. The van der Waals surface area contributed by atoms with E-state index >= 15 is 0 Å². The summed E-state index contributed by atoms with van der Waals surface area (Å²) in [6.45, 7) is 11.1. The number of nitrogens with zero attached hydrogens (tertiary/aromatic N) is 1. The molecule has 0 spiro atoms. The Morgan fingerprint density at radius 3 is 2.19 bits per heavy atom. The first-order valence-corrected chi connectivity index (χ1v) is 8.66. The van der Waals surface area contributed by atoms with Gasteiger partial charge in [0.1, 0.15) is 0 Å². The van der Waals surface area contributed by atoms with Gasteiger partial charge in [-0.05, 0) is 44.4 Å². The molecule has 1 atom stereocenters. The zero-order chi connectivity index (χ0) is 15.7. The van der Waals surface area contributed by atoms with Gasteiger partial charge in [0.2, 0.25) is 0 Å². The van der Waals surface area contributed by atoms with Crippen LogP contribution in [-0.2, 0) is 6.42 Å². The largest absolute Gasteiger partial charge is 0.323 e. The summed E-state index contributed by atoms with van der Waals surface area (Å²) in [4.78, 5) is 2.51. The number of hydrogen-bond acceptors (Lipinski definition) is 2. The lowest BCUT2D eigenvalue weighted by atomic mass is 10.0. The van der Waals surface area contributed by atoms with Crippen LogP contribution >= 0.6 is 0 Å². The monoisotopic (exact) mass is 290 g/mol. The SMILES string of the molecule is CCCCCN(CC(N)c1ccc(CCC)cc1)C(C)C. The minimum Gasteiger partial charge on any atom is -0.323 e. The fraction of sp³-hybridized carbons (Fsp3) is 0.684. The van der Waals surface area contributed by atoms with Crippen molar-refractivity contribution in [3.05, 3.63) is 35.4 Å². The van der Waals surface area contributed by atoms with Gasteiger partial charge in [0.05, 0.1) is 0 Å². The number of benzene rings is 1. The van der Waals surface area contributed by atoms with Gasteiger partial charge >= 0.3 is 0 Å². The molecule has 0 bridgehead atoms. The molecule has 2 heteroatoms. The first-order chi connectivity index (χ1) is 10.1. The van der Waals surface area contributed by atoms with E-state index in [0.29, 0.717) is 6.04 Å². The van der Waals surface area contributed by atoms with Gasteiger partial charge in [-0.1, -0.05) is 57.4 Å². The smallest absolute Gasteiger partial charge is 0.0424 e. The van der Waals surface area contributed by atoms with Gasteiger partial charge in [0.25, 0.3) is 0 Å². The summed E-state index contributed by atoms with van der Waals surface area (Å²) in [7, 11) is 0. The minimum atomic E-state index is 0.115. The summed E-state index contributed by atoms with van der Waals surface area (Å²) in [5.41, 5.74) is 9.09. The van der Waals surface area contributed by atoms with Crippen LogP contribution in [0.4, 0.5) is 0 Å². The zero-order valence-electron chi connectivity index (χ0n) is 14.4. The molecule has 0 saturated carbocycles. The van der Waals surface area contributed by atoms with Crippen LogP contribution in [0.1, 0.15) is 70.5 Å². The van der Waals surface area contributed by atoms with Crippen LogP contribution in [-0.4, -0.2) is 24.0 Å². The minimum absolute atomic E-state index is 0.115. The molecule has 1 unspecified atom stereocenters. The molecule has 120 valence electrons. The fourth-order valence-corrected chi connectivity index (χ4v) is 2.70. The van der Waals surface area contributed by atoms with Gasteiger partial charge in [-0.25, -0.2) is 0 Å². The summed E-state index contributed by atoms with van der Waals surface area (Å²) >= 11 is 0. The third-order valence-electron chi connectivity index (χ3n) is 4.16. The third-order valence-corrected chi connectivity index (χ3v) is 4.16. The van der Waals surface area contributed by atoms with E-state index < -0.39 is 0 Å². The summed E-state index contributed by atoms with van der Waals surface area (Å²) in [5.74, 6) is 0. The molecule has 0 aliphatic heterocycles.